The Morgan fingerprint density at radius 2 is 1.67 bits per heavy atom. The largest absolute Gasteiger partial charge is 0.492 e. The van der Waals surface area contributed by atoms with Crippen LogP contribution in [0.1, 0.15) is 48.0 Å². The molecular weight excluding hydrogens is 230 g/mol. The van der Waals surface area contributed by atoms with Crippen LogP contribution >= 0.6 is 0 Å². The first-order valence-corrected chi connectivity index (χ1v) is 6.26. The minimum atomic E-state index is -0.390. The summed E-state index contributed by atoms with van der Waals surface area (Å²) in [5, 5.41) is 9.98. The van der Waals surface area contributed by atoms with Crippen molar-refractivity contribution in [2.75, 3.05) is 5.73 Å². The molecule has 0 bridgehead atoms. The van der Waals surface area contributed by atoms with Crippen molar-refractivity contribution in [3.05, 3.63) is 10.4 Å². The Bertz CT molecular complexity index is 484. The van der Waals surface area contributed by atoms with E-state index in [-0.39, 0.29) is 22.5 Å². The molecule has 0 atom stereocenters. The van der Waals surface area contributed by atoms with Crippen LogP contribution in [0.25, 0.3) is 0 Å². The Morgan fingerprint density at radius 1 is 1.17 bits per heavy atom. The maximum atomic E-state index is 12.0. The molecule has 0 aromatic carbocycles. The van der Waals surface area contributed by atoms with E-state index in [1.807, 2.05) is 20.8 Å². The molecule has 0 aliphatic rings. The summed E-state index contributed by atoms with van der Waals surface area (Å²) < 4.78 is 3.12. The molecule has 0 spiro atoms. The van der Waals surface area contributed by atoms with Gasteiger partial charge < -0.3 is 10.8 Å². The van der Waals surface area contributed by atoms with Crippen molar-refractivity contribution in [3.63, 3.8) is 0 Å². The lowest BCUT2D eigenvalue weighted by molar-refractivity contribution is 0.228. The second kappa shape index (κ2) is 4.37. The predicted molar refractivity (Wildman–Crippen MR) is 73.8 cm³/mol. The highest BCUT2D eigenvalue weighted by atomic mass is 16.3. The van der Waals surface area contributed by atoms with E-state index in [9.17, 15) is 9.90 Å². The minimum Gasteiger partial charge on any atom is -0.492 e. The van der Waals surface area contributed by atoms with Crippen LogP contribution in [0.15, 0.2) is 4.79 Å². The van der Waals surface area contributed by atoms with Crippen molar-refractivity contribution in [2.24, 2.45) is 5.41 Å². The molecule has 0 amide bonds. The summed E-state index contributed by atoms with van der Waals surface area (Å²) in [6.07, 6.45) is 0.839. The quantitative estimate of drug-likeness (QED) is 0.850. The Balaban J connectivity index is 3.27. The van der Waals surface area contributed by atoms with Crippen molar-refractivity contribution in [1.82, 2.24) is 9.36 Å². The van der Waals surface area contributed by atoms with Gasteiger partial charge in [0.2, 0.25) is 5.88 Å². The highest BCUT2D eigenvalue weighted by Crippen LogP contribution is 2.27. The SMILES string of the molecule is CC(C)(C)CCn1c(=O)c(N)c(O)n1C(C)(C)C. The van der Waals surface area contributed by atoms with Crippen molar-refractivity contribution in [1.29, 1.82) is 0 Å². The van der Waals surface area contributed by atoms with E-state index in [1.54, 1.807) is 4.68 Å². The molecule has 0 aliphatic carbocycles. The fourth-order valence-electron chi connectivity index (χ4n) is 1.88. The molecule has 104 valence electrons. The number of rotatable bonds is 2. The van der Waals surface area contributed by atoms with Gasteiger partial charge >= 0.3 is 0 Å². The van der Waals surface area contributed by atoms with Crippen molar-refractivity contribution < 1.29 is 5.11 Å². The lowest BCUT2D eigenvalue weighted by Gasteiger charge is -2.27. The van der Waals surface area contributed by atoms with Crippen LogP contribution < -0.4 is 11.3 Å². The molecule has 0 saturated heterocycles. The molecule has 1 heterocycles. The van der Waals surface area contributed by atoms with Gasteiger partial charge in [-0.15, -0.1) is 0 Å². The van der Waals surface area contributed by atoms with E-state index in [0.29, 0.717) is 6.54 Å². The zero-order chi connectivity index (χ0) is 14.3. The lowest BCUT2D eigenvalue weighted by atomic mass is 9.92. The van der Waals surface area contributed by atoms with Gasteiger partial charge in [-0.3, -0.25) is 4.79 Å². The second-order valence-electron chi connectivity index (χ2n) is 6.96. The average molecular weight is 255 g/mol. The summed E-state index contributed by atoms with van der Waals surface area (Å²) in [5.41, 5.74) is 4.98. The topological polar surface area (TPSA) is 73.2 Å². The van der Waals surface area contributed by atoms with E-state index in [1.165, 1.54) is 4.68 Å². The summed E-state index contributed by atoms with van der Waals surface area (Å²) in [6, 6.07) is 0. The molecule has 0 radical (unpaired) electrons. The Labute approximate surface area is 108 Å². The Morgan fingerprint density at radius 3 is 2.06 bits per heavy atom. The number of hydrogen-bond acceptors (Lipinski definition) is 3. The van der Waals surface area contributed by atoms with Crippen molar-refractivity contribution in [3.8, 4) is 5.88 Å². The second-order valence-corrected chi connectivity index (χ2v) is 6.96. The molecule has 0 unspecified atom stereocenters. The number of nitrogen functional groups attached to an aromatic ring is 1. The van der Waals surface area contributed by atoms with Crippen LogP contribution in [-0.2, 0) is 12.1 Å². The van der Waals surface area contributed by atoms with Gasteiger partial charge in [0.1, 0.15) is 0 Å². The first kappa shape index (κ1) is 14.7. The first-order valence-electron chi connectivity index (χ1n) is 6.26. The molecule has 18 heavy (non-hydrogen) atoms. The third-order valence-corrected chi connectivity index (χ3v) is 2.86. The number of hydrogen-bond donors (Lipinski definition) is 2. The lowest BCUT2D eigenvalue weighted by Crippen LogP contribution is -2.34. The Hall–Kier alpha value is -1.39. The van der Waals surface area contributed by atoms with Gasteiger partial charge in [-0.05, 0) is 32.6 Å². The maximum absolute atomic E-state index is 12.0. The smallest absolute Gasteiger partial charge is 0.293 e. The highest BCUT2D eigenvalue weighted by Gasteiger charge is 2.26. The predicted octanol–water partition coefficient (Wildman–Crippen LogP) is 2.13. The van der Waals surface area contributed by atoms with E-state index in [0.717, 1.165) is 6.42 Å². The molecule has 3 N–H and O–H groups in total. The van der Waals surface area contributed by atoms with Crippen LogP contribution in [-0.4, -0.2) is 14.5 Å². The van der Waals surface area contributed by atoms with Gasteiger partial charge in [0.15, 0.2) is 5.69 Å². The fourth-order valence-corrected chi connectivity index (χ4v) is 1.88. The van der Waals surface area contributed by atoms with Gasteiger partial charge in [0, 0.05) is 6.54 Å². The van der Waals surface area contributed by atoms with Crippen molar-refractivity contribution >= 4 is 5.69 Å². The zero-order valence-electron chi connectivity index (χ0n) is 12.2. The third kappa shape index (κ3) is 2.89. The average Bonchev–Trinajstić information content (AvgIpc) is 2.37. The summed E-state index contributed by atoms with van der Waals surface area (Å²) >= 11 is 0. The summed E-state index contributed by atoms with van der Waals surface area (Å²) in [7, 11) is 0. The van der Waals surface area contributed by atoms with Crippen LogP contribution in [0.2, 0.25) is 0 Å². The summed E-state index contributed by atoms with van der Waals surface area (Å²) in [5.74, 6) is -0.138. The number of aromatic hydroxyl groups is 1. The molecule has 0 fully saturated rings. The van der Waals surface area contributed by atoms with Gasteiger partial charge in [0.25, 0.3) is 5.56 Å². The molecule has 0 aliphatic heterocycles. The third-order valence-electron chi connectivity index (χ3n) is 2.86. The first-order chi connectivity index (χ1) is 7.95. The molecule has 1 aromatic rings. The molecule has 5 nitrogen and oxygen atoms in total. The van der Waals surface area contributed by atoms with Gasteiger partial charge in [-0.2, -0.15) is 0 Å². The van der Waals surface area contributed by atoms with E-state index < -0.39 is 5.54 Å². The number of nitrogens with two attached hydrogens (primary N) is 1. The van der Waals surface area contributed by atoms with Gasteiger partial charge in [-0.1, -0.05) is 20.8 Å². The molecule has 1 rings (SSSR count). The fraction of sp³-hybridized carbons (Fsp3) is 0.769. The van der Waals surface area contributed by atoms with E-state index >= 15 is 0 Å². The zero-order valence-corrected chi connectivity index (χ0v) is 12.2. The van der Waals surface area contributed by atoms with Gasteiger partial charge in [0.05, 0.1) is 5.54 Å². The van der Waals surface area contributed by atoms with E-state index in [4.69, 9.17) is 5.73 Å². The molecular formula is C13H25N3O2. The normalized spacial score (nSPS) is 13.0. The summed E-state index contributed by atoms with van der Waals surface area (Å²) in [4.78, 5) is 12.0. The van der Waals surface area contributed by atoms with Crippen LogP contribution in [0, 0.1) is 5.41 Å². The maximum Gasteiger partial charge on any atom is 0.293 e. The minimum absolute atomic E-state index is 0.0705. The van der Waals surface area contributed by atoms with Crippen LogP contribution in [0.3, 0.4) is 0 Å². The number of nitrogens with zero attached hydrogens (tertiary/aromatic N) is 2. The van der Waals surface area contributed by atoms with Crippen LogP contribution in [0.4, 0.5) is 5.69 Å². The molecule has 1 aromatic heterocycles. The van der Waals surface area contributed by atoms with Gasteiger partial charge in [-0.25, -0.2) is 9.36 Å². The standard InChI is InChI=1S/C13H25N3O2/c1-12(2,3)7-8-15-10(17)9(14)11(18)16(15)13(4,5)6/h18H,7-8,14H2,1-6H3. The number of anilines is 1. The molecule has 5 heteroatoms. The summed E-state index contributed by atoms with van der Waals surface area (Å²) in [6.45, 7) is 12.7. The Kier molecular flexibility index (Phi) is 3.56. The monoisotopic (exact) mass is 255 g/mol. The highest BCUT2D eigenvalue weighted by molar-refractivity contribution is 5.46. The van der Waals surface area contributed by atoms with E-state index in [2.05, 4.69) is 20.8 Å². The number of aromatic nitrogens is 2. The van der Waals surface area contributed by atoms with Crippen molar-refractivity contribution in [2.45, 2.75) is 60.0 Å². The van der Waals surface area contributed by atoms with Crippen LogP contribution in [0.5, 0.6) is 5.88 Å². The molecule has 0 saturated carbocycles.